The molecule has 1 heterocycles. The lowest BCUT2D eigenvalue weighted by molar-refractivity contribution is -0.140. The van der Waals surface area contributed by atoms with Crippen LogP contribution in [0.4, 0.5) is 11.4 Å². The Bertz CT molecular complexity index is 1810. The maximum atomic E-state index is 14.5. The van der Waals surface area contributed by atoms with Gasteiger partial charge in [0.25, 0.3) is 5.91 Å². The molecule has 1 aromatic heterocycles. The summed E-state index contributed by atoms with van der Waals surface area (Å²) in [7, 11) is 9.97. The summed E-state index contributed by atoms with van der Waals surface area (Å²) in [5.74, 6) is 0.902. The number of hydrogen-bond acceptors (Lipinski definition) is 9. The van der Waals surface area contributed by atoms with Gasteiger partial charge in [-0.05, 0) is 71.8 Å². The third-order valence-corrected chi connectivity index (χ3v) is 7.75. The highest BCUT2D eigenvalue weighted by Crippen LogP contribution is 2.41. The highest BCUT2D eigenvalue weighted by atomic mass is 16.5. The first-order valence-corrected chi connectivity index (χ1v) is 14.8. The zero-order valence-corrected chi connectivity index (χ0v) is 27.3. The third kappa shape index (κ3) is 7.22. The molecule has 12 nitrogen and oxygen atoms in total. The number of aromatic nitrogens is 3. The van der Waals surface area contributed by atoms with Crippen molar-refractivity contribution in [2.75, 3.05) is 52.8 Å². The average Bonchev–Trinajstić information content (AvgIpc) is 3.50. The monoisotopic (exact) mass is 638 g/mol. The van der Waals surface area contributed by atoms with E-state index in [9.17, 15) is 9.59 Å². The fraction of sp³-hybridized carbons (Fsp3) is 0.257. The van der Waals surface area contributed by atoms with Crippen LogP contribution in [0, 0.1) is 0 Å². The molecule has 1 N–H and O–H groups in total. The number of rotatable bonds is 13. The van der Waals surface area contributed by atoms with Crippen molar-refractivity contribution in [3.05, 3.63) is 96.1 Å². The Morgan fingerprint density at radius 3 is 2.09 bits per heavy atom. The summed E-state index contributed by atoms with van der Waals surface area (Å²) in [6.07, 6.45) is 0. The first kappa shape index (κ1) is 32.6. The molecule has 5 aromatic rings. The van der Waals surface area contributed by atoms with E-state index in [1.807, 2.05) is 91.8 Å². The van der Waals surface area contributed by atoms with Gasteiger partial charge in [-0.2, -0.15) is 0 Å². The zero-order valence-electron chi connectivity index (χ0n) is 27.3. The summed E-state index contributed by atoms with van der Waals surface area (Å²) < 4.78 is 23.7. The molecule has 244 valence electrons. The molecule has 0 aliphatic heterocycles. The van der Waals surface area contributed by atoms with Gasteiger partial charge in [-0.15, -0.1) is 5.10 Å². The fourth-order valence-corrected chi connectivity index (χ4v) is 5.29. The minimum Gasteiger partial charge on any atom is -0.497 e. The summed E-state index contributed by atoms with van der Waals surface area (Å²) in [6, 6.07) is 24.4. The van der Waals surface area contributed by atoms with E-state index in [1.54, 1.807) is 19.2 Å². The zero-order chi connectivity index (χ0) is 33.5. The predicted molar refractivity (Wildman–Crippen MR) is 179 cm³/mol. The predicted octanol–water partition coefficient (Wildman–Crippen LogP) is 4.94. The molecule has 0 aliphatic rings. The molecule has 0 radical (unpaired) electrons. The van der Waals surface area contributed by atoms with Crippen molar-refractivity contribution in [1.82, 2.24) is 19.9 Å². The van der Waals surface area contributed by atoms with Gasteiger partial charge in [-0.3, -0.25) is 9.59 Å². The highest BCUT2D eigenvalue weighted by molar-refractivity contribution is 5.98. The summed E-state index contributed by atoms with van der Waals surface area (Å²) >= 11 is 0. The van der Waals surface area contributed by atoms with Crippen LogP contribution in [0.15, 0.2) is 84.9 Å². The summed E-state index contributed by atoms with van der Waals surface area (Å²) in [5.41, 5.74) is 4.12. The van der Waals surface area contributed by atoms with Gasteiger partial charge in [-0.1, -0.05) is 29.5 Å². The third-order valence-electron chi connectivity index (χ3n) is 7.75. The number of methoxy groups -OCH3 is 4. The number of fused-ring (bicyclic) bond motifs is 1. The SMILES string of the molecule is COc1ccc(CN(C(=O)Cn2nnc3ccccc32)C(C(=O)Nc2ccc(N(C)C)cc2)c2cc(OC)c(OC)c(OC)c2)cc1. The number of anilines is 2. The molecule has 0 saturated carbocycles. The fourth-order valence-electron chi connectivity index (χ4n) is 5.29. The number of nitrogens with one attached hydrogen (secondary N) is 1. The Morgan fingerprint density at radius 1 is 0.830 bits per heavy atom. The molecule has 0 fully saturated rings. The molecule has 0 spiro atoms. The maximum absolute atomic E-state index is 14.5. The molecule has 1 unspecified atom stereocenters. The van der Waals surface area contributed by atoms with E-state index in [2.05, 4.69) is 15.6 Å². The van der Waals surface area contributed by atoms with Crippen LogP contribution >= 0.6 is 0 Å². The van der Waals surface area contributed by atoms with Gasteiger partial charge in [0.05, 0.1) is 34.0 Å². The molecule has 12 heteroatoms. The average molecular weight is 639 g/mol. The lowest BCUT2D eigenvalue weighted by atomic mass is 10.0. The normalized spacial score (nSPS) is 11.4. The second-order valence-electron chi connectivity index (χ2n) is 10.9. The number of hydrogen-bond donors (Lipinski definition) is 1. The van der Waals surface area contributed by atoms with Gasteiger partial charge in [0.1, 0.15) is 23.9 Å². The first-order chi connectivity index (χ1) is 22.8. The van der Waals surface area contributed by atoms with Crippen molar-refractivity contribution < 1.29 is 28.5 Å². The van der Waals surface area contributed by atoms with Crippen LogP contribution in [0.2, 0.25) is 0 Å². The van der Waals surface area contributed by atoms with Crippen LogP contribution in [0.1, 0.15) is 17.2 Å². The smallest absolute Gasteiger partial charge is 0.251 e. The standard InChI is InChI=1S/C35H38N6O6/c1-39(2)26-15-13-25(14-16-26)36-35(43)33(24-19-30(45-4)34(47-6)31(20-24)46-5)40(21-23-11-17-27(44-3)18-12-23)32(42)22-41-29-10-8-7-9-28(29)37-38-41/h7-20,33H,21-22H2,1-6H3,(H,36,43). The van der Waals surface area contributed by atoms with Gasteiger partial charge < -0.3 is 34.1 Å². The van der Waals surface area contributed by atoms with Crippen molar-refractivity contribution in [2.45, 2.75) is 19.1 Å². The van der Waals surface area contributed by atoms with Crippen molar-refractivity contribution in [3.63, 3.8) is 0 Å². The lowest BCUT2D eigenvalue weighted by Crippen LogP contribution is -2.42. The Kier molecular flexibility index (Phi) is 10.1. The van der Waals surface area contributed by atoms with Crippen LogP contribution in [0.3, 0.4) is 0 Å². The van der Waals surface area contributed by atoms with Gasteiger partial charge in [0.2, 0.25) is 11.7 Å². The van der Waals surface area contributed by atoms with E-state index >= 15 is 0 Å². The molecule has 47 heavy (non-hydrogen) atoms. The quantitative estimate of drug-likeness (QED) is 0.191. The number of para-hydroxylation sites is 1. The Balaban J connectivity index is 1.63. The second-order valence-corrected chi connectivity index (χ2v) is 10.9. The number of benzene rings is 4. The molecule has 2 amide bonds. The Hall–Kier alpha value is -5.78. The maximum Gasteiger partial charge on any atom is 0.251 e. The van der Waals surface area contributed by atoms with E-state index in [0.29, 0.717) is 45.3 Å². The summed E-state index contributed by atoms with van der Waals surface area (Å²) in [6.45, 7) is -0.0772. The van der Waals surface area contributed by atoms with E-state index in [-0.39, 0.29) is 19.0 Å². The van der Waals surface area contributed by atoms with Crippen molar-refractivity contribution in [2.24, 2.45) is 0 Å². The number of carbonyl (C=O) groups is 2. The van der Waals surface area contributed by atoms with Crippen LogP contribution in [-0.4, -0.2) is 74.2 Å². The van der Waals surface area contributed by atoms with Gasteiger partial charge in [-0.25, -0.2) is 4.68 Å². The largest absolute Gasteiger partial charge is 0.497 e. The highest BCUT2D eigenvalue weighted by Gasteiger charge is 2.34. The minimum atomic E-state index is -1.14. The minimum absolute atomic E-state index is 0.0871. The molecule has 0 saturated heterocycles. The first-order valence-electron chi connectivity index (χ1n) is 14.8. The molecule has 5 rings (SSSR count). The van der Waals surface area contributed by atoms with Crippen LogP contribution in [-0.2, 0) is 22.7 Å². The van der Waals surface area contributed by atoms with Gasteiger partial charge >= 0.3 is 0 Å². The van der Waals surface area contributed by atoms with Crippen LogP contribution in [0.25, 0.3) is 11.0 Å². The van der Waals surface area contributed by atoms with Crippen LogP contribution in [0.5, 0.6) is 23.0 Å². The molecule has 0 aliphatic carbocycles. The van der Waals surface area contributed by atoms with Crippen LogP contribution < -0.4 is 29.2 Å². The number of carbonyl (C=O) groups excluding carboxylic acids is 2. The van der Waals surface area contributed by atoms with Crippen molar-refractivity contribution >= 4 is 34.2 Å². The number of amides is 2. The number of nitrogens with zero attached hydrogens (tertiary/aromatic N) is 5. The van der Waals surface area contributed by atoms with Crippen molar-refractivity contribution in [1.29, 1.82) is 0 Å². The molecule has 4 aromatic carbocycles. The van der Waals surface area contributed by atoms with Gasteiger partial charge in [0, 0.05) is 32.0 Å². The molecular formula is C35H38N6O6. The topological polar surface area (TPSA) is 120 Å². The Morgan fingerprint density at radius 2 is 1.49 bits per heavy atom. The van der Waals surface area contributed by atoms with Crippen molar-refractivity contribution in [3.8, 4) is 23.0 Å². The second kappa shape index (κ2) is 14.5. The Labute approximate surface area is 273 Å². The van der Waals surface area contributed by atoms with E-state index < -0.39 is 11.9 Å². The summed E-state index contributed by atoms with van der Waals surface area (Å²) in [5, 5.41) is 11.5. The van der Waals surface area contributed by atoms with Gasteiger partial charge in [0.15, 0.2) is 11.5 Å². The lowest BCUT2D eigenvalue weighted by Gasteiger charge is -2.32. The summed E-state index contributed by atoms with van der Waals surface area (Å²) in [4.78, 5) is 32.4. The van der Waals surface area contributed by atoms with E-state index in [1.165, 1.54) is 30.9 Å². The molecule has 1 atom stereocenters. The van der Waals surface area contributed by atoms with E-state index in [0.717, 1.165) is 11.3 Å². The van der Waals surface area contributed by atoms with E-state index in [4.69, 9.17) is 18.9 Å². The number of ether oxygens (including phenoxy) is 4. The molecular weight excluding hydrogens is 600 g/mol. The molecule has 0 bridgehead atoms.